The fraction of sp³-hybridized carbons (Fsp3) is 0.385. The third kappa shape index (κ3) is 6.54. The van der Waals surface area contributed by atoms with Gasteiger partial charge in [0, 0.05) is 49.6 Å². The van der Waals surface area contributed by atoms with Crippen LogP contribution in [-0.2, 0) is 4.79 Å². The molecule has 1 saturated carbocycles. The number of carbonyl (C=O) groups excluding carboxylic acids is 2. The van der Waals surface area contributed by atoms with E-state index < -0.39 is 5.54 Å². The van der Waals surface area contributed by atoms with Gasteiger partial charge in [-0.2, -0.15) is 0 Å². The van der Waals surface area contributed by atoms with Gasteiger partial charge in [-0.1, -0.05) is 97.4 Å². The van der Waals surface area contributed by atoms with Gasteiger partial charge in [-0.15, -0.1) is 0 Å². The predicted molar refractivity (Wildman–Crippen MR) is 180 cm³/mol. The van der Waals surface area contributed by atoms with E-state index in [4.69, 9.17) is 0 Å². The van der Waals surface area contributed by atoms with Crippen molar-refractivity contribution in [1.82, 2.24) is 20.4 Å². The second-order valence-corrected chi connectivity index (χ2v) is 13.3. The first-order valence-electron chi connectivity index (χ1n) is 16.8. The van der Waals surface area contributed by atoms with E-state index >= 15 is 0 Å². The summed E-state index contributed by atoms with van der Waals surface area (Å²) < 4.78 is 0. The summed E-state index contributed by atoms with van der Waals surface area (Å²) in [7, 11) is 0. The lowest BCUT2D eigenvalue weighted by molar-refractivity contribution is -0.134. The minimum atomic E-state index is -0.565. The molecule has 4 aromatic carbocycles. The fourth-order valence-electron chi connectivity index (χ4n) is 7.61. The molecule has 232 valence electrons. The molecule has 7 rings (SSSR count). The van der Waals surface area contributed by atoms with Crippen molar-refractivity contribution in [2.45, 2.75) is 49.6 Å². The average molecular weight is 601 g/mol. The van der Waals surface area contributed by atoms with E-state index in [0.717, 1.165) is 43.2 Å². The van der Waals surface area contributed by atoms with Gasteiger partial charge in [0.25, 0.3) is 5.91 Å². The predicted octanol–water partition coefficient (Wildman–Crippen LogP) is 5.84. The SMILES string of the molecule is O=C(NC[C@@H]1CCN(CC(c2ccccc2)c2ccccc2)C(=O)C2(CC2CN2CCCCC2)N1)c1ccc2ccccc2c1. The highest BCUT2D eigenvalue weighted by atomic mass is 16.2. The van der Waals surface area contributed by atoms with Gasteiger partial charge in [0.1, 0.15) is 5.54 Å². The maximum Gasteiger partial charge on any atom is 0.251 e. The second-order valence-electron chi connectivity index (χ2n) is 13.3. The lowest BCUT2D eigenvalue weighted by atomic mass is 9.90. The number of carbonyl (C=O) groups is 2. The van der Waals surface area contributed by atoms with E-state index in [0.29, 0.717) is 25.2 Å². The molecule has 45 heavy (non-hydrogen) atoms. The van der Waals surface area contributed by atoms with Crippen LogP contribution in [0.1, 0.15) is 59.5 Å². The number of nitrogens with zero attached hydrogens (tertiary/aromatic N) is 2. The Bertz CT molecular complexity index is 1580. The smallest absolute Gasteiger partial charge is 0.251 e. The zero-order valence-electron chi connectivity index (χ0n) is 26.0. The van der Waals surface area contributed by atoms with Crippen LogP contribution in [0.2, 0.25) is 0 Å². The van der Waals surface area contributed by atoms with Crippen molar-refractivity contribution in [2.24, 2.45) is 5.92 Å². The summed E-state index contributed by atoms with van der Waals surface area (Å²) >= 11 is 0. The number of nitrogens with one attached hydrogen (secondary N) is 2. The molecule has 0 radical (unpaired) electrons. The molecule has 2 saturated heterocycles. The first-order chi connectivity index (χ1) is 22.1. The van der Waals surface area contributed by atoms with Crippen LogP contribution in [0, 0.1) is 5.92 Å². The normalized spacial score (nSPS) is 23.8. The summed E-state index contributed by atoms with van der Waals surface area (Å²) in [5.41, 5.74) is 2.55. The summed E-state index contributed by atoms with van der Waals surface area (Å²) in [4.78, 5) is 32.5. The van der Waals surface area contributed by atoms with Crippen LogP contribution in [0.3, 0.4) is 0 Å². The van der Waals surface area contributed by atoms with Crippen molar-refractivity contribution in [3.63, 3.8) is 0 Å². The molecule has 2 aliphatic heterocycles. The lowest BCUT2D eigenvalue weighted by Gasteiger charge is -2.31. The standard InChI is InChI=1S/C39H44N4O2/c44-37(33-19-18-29-12-8-9-17-32(29)24-33)40-26-35-20-23-43(28-36(30-13-4-1-5-14-30)31-15-6-2-7-16-31)38(45)39(41-35)25-34(39)27-42-21-10-3-11-22-42/h1-2,4-9,12-19,24,34-36,41H,3,10-11,20-23,25-28H2,(H,40,44)/t34?,35-,39?/m0/s1. The first-order valence-corrected chi connectivity index (χ1v) is 16.8. The molecule has 4 aromatic rings. The van der Waals surface area contributed by atoms with Crippen LogP contribution in [-0.4, -0.2) is 72.5 Å². The largest absolute Gasteiger partial charge is 0.350 e. The summed E-state index contributed by atoms with van der Waals surface area (Å²) in [6, 6.07) is 35.1. The Kier molecular flexibility index (Phi) is 8.68. The molecule has 2 unspecified atom stereocenters. The Morgan fingerprint density at radius 1 is 0.822 bits per heavy atom. The van der Waals surface area contributed by atoms with Crippen molar-refractivity contribution in [2.75, 3.05) is 39.3 Å². The molecule has 2 amide bonds. The number of hydrogen-bond donors (Lipinski definition) is 2. The van der Waals surface area contributed by atoms with Gasteiger partial charge in [0.15, 0.2) is 0 Å². The fourth-order valence-corrected chi connectivity index (χ4v) is 7.61. The molecule has 2 N–H and O–H groups in total. The second kappa shape index (κ2) is 13.2. The number of hydrogen-bond acceptors (Lipinski definition) is 4. The van der Waals surface area contributed by atoms with Gasteiger partial charge in [-0.05, 0) is 72.8 Å². The highest BCUT2D eigenvalue weighted by molar-refractivity contribution is 5.98. The molecule has 3 fully saturated rings. The molecule has 3 aliphatic rings. The first kappa shape index (κ1) is 29.7. The van der Waals surface area contributed by atoms with Crippen molar-refractivity contribution in [1.29, 1.82) is 0 Å². The van der Waals surface area contributed by atoms with Gasteiger partial charge in [0.2, 0.25) is 5.91 Å². The van der Waals surface area contributed by atoms with Crippen LogP contribution in [0.15, 0.2) is 103 Å². The number of likely N-dealkylation sites (tertiary alicyclic amines) is 1. The van der Waals surface area contributed by atoms with E-state index in [1.165, 1.54) is 30.4 Å². The number of fused-ring (bicyclic) bond motifs is 1. The van der Waals surface area contributed by atoms with Crippen LogP contribution in [0.5, 0.6) is 0 Å². The Hall–Kier alpha value is -4.00. The van der Waals surface area contributed by atoms with Crippen LogP contribution < -0.4 is 10.6 Å². The highest BCUT2D eigenvalue weighted by Crippen LogP contribution is 2.47. The number of rotatable bonds is 9. The Morgan fingerprint density at radius 3 is 2.20 bits per heavy atom. The molecule has 6 nitrogen and oxygen atoms in total. The minimum absolute atomic E-state index is 0.0154. The van der Waals surface area contributed by atoms with E-state index in [-0.39, 0.29) is 29.7 Å². The zero-order chi connectivity index (χ0) is 30.6. The molecular formula is C39H44N4O2. The molecule has 1 aliphatic carbocycles. The Labute approximate surface area is 266 Å². The summed E-state index contributed by atoms with van der Waals surface area (Å²) in [6.45, 7) is 5.01. The van der Waals surface area contributed by atoms with Crippen molar-refractivity contribution >= 4 is 22.6 Å². The molecule has 0 bridgehead atoms. The third-order valence-corrected chi connectivity index (χ3v) is 10.2. The summed E-state index contributed by atoms with van der Waals surface area (Å²) in [6.07, 6.45) is 5.43. The molecule has 6 heteroatoms. The van der Waals surface area contributed by atoms with E-state index in [2.05, 4.69) is 75.0 Å². The van der Waals surface area contributed by atoms with E-state index in [9.17, 15) is 9.59 Å². The highest BCUT2D eigenvalue weighted by Gasteiger charge is 2.62. The Balaban J connectivity index is 1.11. The third-order valence-electron chi connectivity index (χ3n) is 10.2. The molecular weight excluding hydrogens is 556 g/mol. The zero-order valence-corrected chi connectivity index (χ0v) is 26.0. The minimum Gasteiger partial charge on any atom is -0.350 e. The topological polar surface area (TPSA) is 64.7 Å². The summed E-state index contributed by atoms with van der Waals surface area (Å²) in [5, 5.41) is 9.23. The van der Waals surface area contributed by atoms with Crippen LogP contribution in [0.25, 0.3) is 10.8 Å². The van der Waals surface area contributed by atoms with E-state index in [1.807, 2.05) is 48.5 Å². The molecule has 3 atom stereocenters. The molecule has 1 spiro atoms. The lowest BCUT2D eigenvalue weighted by Crippen LogP contribution is -2.53. The quantitative estimate of drug-likeness (QED) is 0.254. The molecule has 0 aromatic heterocycles. The van der Waals surface area contributed by atoms with Crippen molar-refractivity contribution in [3.8, 4) is 0 Å². The van der Waals surface area contributed by atoms with Gasteiger partial charge < -0.3 is 15.1 Å². The maximum atomic E-state index is 14.6. The van der Waals surface area contributed by atoms with Crippen LogP contribution in [0.4, 0.5) is 0 Å². The van der Waals surface area contributed by atoms with E-state index in [1.54, 1.807) is 0 Å². The van der Waals surface area contributed by atoms with Crippen molar-refractivity contribution in [3.05, 3.63) is 120 Å². The van der Waals surface area contributed by atoms with Gasteiger partial charge >= 0.3 is 0 Å². The molecule has 2 heterocycles. The van der Waals surface area contributed by atoms with Gasteiger partial charge in [0.05, 0.1) is 0 Å². The van der Waals surface area contributed by atoms with Crippen LogP contribution >= 0.6 is 0 Å². The van der Waals surface area contributed by atoms with Crippen molar-refractivity contribution < 1.29 is 9.59 Å². The average Bonchev–Trinajstić information content (AvgIpc) is 3.81. The number of amides is 2. The Morgan fingerprint density at radius 2 is 1.49 bits per heavy atom. The monoisotopic (exact) mass is 600 g/mol. The number of piperidine rings is 1. The maximum absolute atomic E-state index is 14.6. The summed E-state index contributed by atoms with van der Waals surface area (Å²) in [5.74, 6) is 0.536. The van der Waals surface area contributed by atoms with Gasteiger partial charge in [-0.3, -0.25) is 14.9 Å². The number of benzene rings is 4. The van der Waals surface area contributed by atoms with Gasteiger partial charge in [-0.25, -0.2) is 0 Å².